The Morgan fingerprint density at radius 3 is 2.70 bits per heavy atom. The molecule has 4 nitrogen and oxygen atoms in total. The zero-order valence-electron chi connectivity index (χ0n) is 14.5. The van der Waals surface area contributed by atoms with E-state index in [0.717, 1.165) is 32.5 Å². The maximum absolute atomic E-state index is 12.1. The summed E-state index contributed by atoms with van der Waals surface area (Å²) in [6, 6.07) is 10.4. The summed E-state index contributed by atoms with van der Waals surface area (Å²) in [7, 11) is 0. The molecule has 0 spiro atoms. The third-order valence-corrected chi connectivity index (χ3v) is 4.16. The van der Waals surface area contributed by atoms with Gasteiger partial charge in [0.1, 0.15) is 6.10 Å². The maximum atomic E-state index is 12.1. The lowest BCUT2D eigenvalue weighted by atomic mass is 10.1. The molecule has 2 rings (SSSR count). The summed E-state index contributed by atoms with van der Waals surface area (Å²) in [5, 5.41) is 0. The molecule has 1 saturated heterocycles. The molecule has 0 aromatic heterocycles. The zero-order chi connectivity index (χ0) is 16.7. The van der Waals surface area contributed by atoms with Crippen LogP contribution in [0.15, 0.2) is 30.3 Å². The molecule has 0 radical (unpaired) electrons. The average molecular weight is 319 g/mol. The number of ether oxygens (including phenoxy) is 2. The molecular weight excluding hydrogens is 290 g/mol. The predicted molar refractivity (Wildman–Crippen MR) is 91.1 cm³/mol. The van der Waals surface area contributed by atoms with Gasteiger partial charge in [0.2, 0.25) is 0 Å². The highest BCUT2D eigenvalue weighted by molar-refractivity contribution is 5.74. The number of carbonyl (C=O) groups excluding carboxylic acids is 1. The summed E-state index contributed by atoms with van der Waals surface area (Å²) in [4.78, 5) is 14.4. The second kappa shape index (κ2) is 9.04. The van der Waals surface area contributed by atoms with Gasteiger partial charge in [0, 0.05) is 26.2 Å². The fourth-order valence-corrected chi connectivity index (χ4v) is 2.69. The minimum absolute atomic E-state index is 0.0117. The Balaban J connectivity index is 1.69. The van der Waals surface area contributed by atoms with E-state index in [1.54, 1.807) is 6.92 Å². The van der Waals surface area contributed by atoms with Gasteiger partial charge in [-0.25, -0.2) is 4.79 Å². The van der Waals surface area contributed by atoms with Gasteiger partial charge in [-0.15, -0.1) is 0 Å². The lowest BCUT2D eigenvalue weighted by Gasteiger charge is -2.18. The Morgan fingerprint density at radius 2 is 2.00 bits per heavy atom. The highest BCUT2D eigenvalue weighted by atomic mass is 16.6. The van der Waals surface area contributed by atoms with E-state index in [9.17, 15) is 4.79 Å². The van der Waals surface area contributed by atoms with E-state index in [2.05, 4.69) is 43.0 Å². The second-order valence-electron chi connectivity index (χ2n) is 6.76. The highest BCUT2D eigenvalue weighted by Gasteiger charge is 2.27. The molecule has 0 N–H and O–H groups in total. The Labute approximate surface area is 139 Å². The van der Waals surface area contributed by atoms with Crippen LogP contribution in [0, 0.1) is 5.92 Å². The number of hydrogen-bond donors (Lipinski definition) is 0. The summed E-state index contributed by atoms with van der Waals surface area (Å²) in [5.41, 5.74) is 1.30. The fourth-order valence-electron chi connectivity index (χ4n) is 2.69. The molecule has 1 unspecified atom stereocenters. The second-order valence-corrected chi connectivity index (χ2v) is 6.76. The Bertz CT molecular complexity index is 475. The van der Waals surface area contributed by atoms with Gasteiger partial charge in [0.25, 0.3) is 0 Å². The van der Waals surface area contributed by atoms with Crippen LogP contribution in [0.4, 0.5) is 0 Å². The van der Waals surface area contributed by atoms with Crippen LogP contribution in [0.3, 0.4) is 0 Å². The van der Waals surface area contributed by atoms with Crippen molar-refractivity contribution in [3.63, 3.8) is 0 Å². The van der Waals surface area contributed by atoms with E-state index in [1.807, 2.05) is 6.07 Å². The maximum Gasteiger partial charge on any atom is 0.335 e. The first-order valence-corrected chi connectivity index (χ1v) is 8.63. The monoisotopic (exact) mass is 319 g/mol. The standard InChI is InChI=1S/C19H29NO3/c1-15(2)10-12-22-16(3)19(21)23-18-9-11-20(14-18)13-17-7-5-4-6-8-17/h4-8,15-16,18H,9-14H2,1-3H3/t16?,18-/m1/s1. The van der Waals surface area contributed by atoms with Crippen LogP contribution in [0.5, 0.6) is 0 Å². The van der Waals surface area contributed by atoms with Gasteiger partial charge >= 0.3 is 5.97 Å². The van der Waals surface area contributed by atoms with Gasteiger partial charge < -0.3 is 9.47 Å². The summed E-state index contributed by atoms with van der Waals surface area (Å²) in [6.45, 7) is 9.36. The summed E-state index contributed by atoms with van der Waals surface area (Å²) in [6.07, 6.45) is 1.38. The predicted octanol–water partition coefficient (Wildman–Crippen LogP) is 3.26. The van der Waals surface area contributed by atoms with Gasteiger partial charge in [-0.3, -0.25) is 4.90 Å². The van der Waals surface area contributed by atoms with Crippen molar-refractivity contribution >= 4 is 5.97 Å². The van der Waals surface area contributed by atoms with Gasteiger partial charge in [-0.1, -0.05) is 44.2 Å². The zero-order valence-corrected chi connectivity index (χ0v) is 14.5. The Hall–Kier alpha value is -1.39. The topological polar surface area (TPSA) is 38.8 Å². The normalized spacial score (nSPS) is 19.9. The van der Waals surface area contributed by atoms with E-state index in [0.29, 0.717) is 12.5 Å². The van der Waals surface area contributed by atoms with Gasteiger partial charge in [0.05, 0.1) is 0 Å². The van der Waals surface area contributed by atoms with E-state index in [4.69, 9.17) is 9.47 Å². The third kappa shape index (κ3) is 6.32. The highest BCUT2D eigenvalue weighted by Crippen LogP contribution is 2.17. The summed E-state index contributed by atoms with van der Waals surface area (Å²) in [5.74, 6) is 0.347. The molecule has 4 heteroatoms. The van der Waals surface area contributed by atoms with Crippen LogP contribution in [0.1, 0.15) is 39.2 Å². The van der Waals surface area contributed by atoms with Crippen LogP contribution < -0.4 is 0 Å². The lowest BCUT2D eigenvalue weighted by molar-refractivity contribution is -0.161. The smallest absolute Gasteiger partial charge is 0.335 e. The number of rotatable bonds is 8. The molecule has 0 amide bonds. The molecule has 1 aliphatic heterocycles. The molecule has 0 saturated carbocycles. The number of esters is 1. The summed E-state index contributed by atoms with van der Waals surface area (Å²) >= 11 is 0. The quantitative estimate of drug-likeness (QED) is 0.690. The van der Waals surface area contributed by atoms with Crippen molar-refractivity contribution in [1.82, 2.24) is 4.90 Å². The SMILES string of the molecule is CC(C)CCOC(C)C(=O)O[C@@H]1CCN(Cc2ccccc2)C1. The molecule has 1 aromatic rings. The van der Waals surface area contributed by atoms with Crippen molar-refractivity contribution in [2.75, 3.05) is 19.7 Å². The van der Waals surface area contributed by atoms with Gasteiger partial charge in [-0.05, 0) is 31.2 Å². The molecule has 23 heavy (non-hydrogen) atoms. The third-order valence-electron chi connectivity index (χ3n) is 4.16. The number of likely N-dealkylation sites (tertiary alicyclic amines) is 1. The first-order chi connectivity index (χ1) is 11.0. The molecule has 1 fully saturated rings. The molecule has 1 aliphatic rings. The fraction of sp³-hybridized carbons (Fsp3) is 0.632. The van der Waals surface area contributed by atoms with Crippen molar-refractivity contribution in [2.24, 2.45) is 5.92 Å². The number of hydrogen-bond acceptors (Lipinski definition) is 4. The van der Waals surface area contributed by atoms with Gasteiger partial charge in [-0.2, -0.15) is 0 Å². The number of carbonyl (C=O) groups is 1. The van der Waals surface area contributed by atoms with E-state index >= 15 is 0 Å². The largest absolute Gasteiger partial charge is 0.459 e. The Morgan fingerprint density at radius 1 is 1.26 bits per heavy atom. The molecular formula is C19H29NO3. The molecule has 128 valence electrons. The van der Waals surface area contributed by atoms with Crippen LogP contribution in [-0.4, -0.2) is 42.8 Å². The number of benzene rings is 1. The van der Waals surface area contributed by atoms with Crippen LogP contribution in [0.25, 0.3) is 0 Å². The lowest BCUT2D eigenvalue weighted by Crippen LogP contribution is -2.30. The van der Waals surface area contributed by atoms with Gasteiger partial charge in [0.15, 0.2) is 6.10 Å². The van der Waals surface area contributed by atoms with Crippen molar-refractivity contribution in [1.29, 1.82) is 0 Å². The van der Waals surface area contributed by atoms with E-state index in [-0.39, 0.29) is 12.1 Å². The number of nitrogens with zero attached hydrogens (tertiary/aromatic N) is 1. The van der Waals surface area contributed by atoms with E-state index < -0.39 is 6.10 Å². The average Bonchev–Trinajstić information content (AvgIpc) is 2.94. The molecule has 0 aliphatic carbocycles. The Kier molecular flexibility index (Phi) is 7.06. The van der Waals surface area contributed by atoms with Crippen molar-refractivity contribution in [2.45, 2.75) is 52.4 Å². The first-order valence-electron chi connectivity index (χ1n) is 8.63. The van der Waals surface area contributed by atoms with Crippen LogP contribution in [0.2, 0.25) is 0 Å². The van der Waals surface area contributed by atoms with Crippen molar-refractivity contribution < 1.29 is 14.3 Å². The molecule has 0 bridgehead atoms. The van der Waals surface area contributed by atoms with Crippen LogP contribution in [-0.2, 0) is 20.8 Å². The molecule has 1 aromatic carbocycles. The molecule has 1 heterocycles. The minimum Gasteiger partial charge on any atom is -0.459 e. The minimum atomic E-state index is -0.475. The molecule has 2 atom stereocenters. The van der Waals surface area contributed by atoms with E-state index in [1.165, 1.54) is 5.56 Å². The summed E-state index contributed by atoms with van der Waals surface area (Å²) < 4.78 is 11.2. The van der Waals surface area contributed by atoms with Crippen LogP contribution >= 0.6 is 0 Å². The van der Waals surface area contributed by atoms with Crippen molar-refractivity contribution in [3.8, 4) is 0 Å². The first kappa shape index (κ1) is 18.0. The van der Waals surface area contributed by atoms with Crippen molar-refractivity contribution in [3.05, 3.63) is 35.9 Å².